The molecule has 2 aromatic heterocycles. The van der Waals surface area contributed by atoms with Crippen molar-refractivity contribution in [3.63, 3.8) is 0 Å². The van der Waals surface area contributed by atoms with Gasteiger partial charge < -0.3 is 4.42 Å². The van der Waals surface area contributed by atoms with E-state index in [0.29, 0.717) is 26.8 Å². The highest BCUT2D eigenvalue weighted by molar-refractivity contribution is 7.98. The first-order valence-electron chi connectivity index (χ1n) is 7.25. The molecule has 1 N–H and O–H groups in total. The molecular weight excluding hydrogens is 392 g/mol. The van der Waals surface area contributed by atoms with E-state index in [1.54, 1.807) is 24.3 Å². The number of nitriles is 1. The van der Waals surface area contributed by atoms with E-state index in [-0.39, 0.29) is 5.57 Å². The molecule has 0 aliphatic rings. The SMILES string of the molecule is CSc1nsc(NC(=O)/C(C#N)=C\c2ccc(-c3cccc(Cl)c3)o2)n1. The molecule has 6 nitrogen and oxygen atoms in total. The van der Waals surface area contributed by atoms with E-state index in [2.05, 4.69) is 14.7 Å². The number of nitrogens with one attached hydrogen (secondary N) is 1. The lowest BCUT2D eigenvalue weighted by Gasteiger charge is -1.99. The van der Waals surface area contributed by atoms with Gasteiger partial charge in [-0.2, -0.15) is 14.6 Å². The van der Waals surface area contributed by atoms with E-state index >= 15 is 0 Å². The van der Waals surface area contributed by atoms with Gasteiger partial charge in [-0.15, -0.1) is 0 Å². The van der Waals surface area contributed by atoms with Crippen molar-refractivity contribution in [2.75, 3.05) is 11.6 Å². The molecule has 130 valence electrons. The Balaban J connectivity index is 1.78. The normalized spacial score (nSPS) is 11.2. The average Bonchev–Trinajstić information content (AvgIpc) is 3.28. The maximum absolute atomic E-state index is 12.2. The van der Waals surface area contributed by atoms with Crippen molar-refractivity contribution in [1.29, 1.82) is 5.26 Å². The lowest BCUT2D eigenvalue weighted by atomic mass is 10.2. The number of anilines is 1. The third-order valence-corrected chi connectivity index (χ3v) is 4.73. The molecule has 0 spiro atoms. The standard InChI is InChI=1S/C17H11ClN4O2S2/c1-25-17-21-16(26-22-17)20-15(23)11(9-19)8-13-5-6-14(24-13)10-3-2-4-12(18)7-10/h2-8H,1H3,(H,20,21,22,23)/b11-8-. The molecular formula is C17H11ClN4O2S2. The number of amides is 1. The Morgan fingerprint density at radius 2 is 2.27 bits per heavy atom. The number of halogens is 1. The highest BCUT2D eigenvalue weighted by atomic mass is 35.5. The lowest BCUT2D eigenvalue weighted by Crippen LogP contribution is -2.13. The second-order valence-electron chi connectivity index (χ2n) is 4.92. The number of nitrogens with zero attached hydrogens (tertiary/aromatic N) is 3. The van der Waals surface area contributed by atoms with Crippen LogP contribution in [0.5, 0.6) is 0 Å². The number of aromatic nitrogens is 2. The van der Waals surface area contributed by atoms with Crippen LogP contribution in [0, 0.1) is 11.3 Å². The fourth-order valence-electron chi connectivity index (χ4n) is 2.03. The summed E-state index contributed by atoms with van der Waals surface area (Å²) in [6.07, 6.45) is 3.21. The van der Waals surface area contributed by atoms with E-state index in [4.69, 9.17) is 16.0 Å². The molecule has 1 aromatic carbocycles. The predicted molar refractivity (Wildman–Crippen MR) is 103 cm³/mol. The van der Waals surface area contributed by atoms with Crippen LogP contribution in [0.2, 0.25) is 5.02 Å². The summed E-state index contributed by atoms with van der Waals surface area (Å²) >= 11 is 8.40. The average molecular weight is 403 g/mol. The molecule has 3 rings (SSSR count). The smallest absolute Gasteiger partial charge is 0.268 e. The van der Waals surface area contributed by atoms with Crippen molar-refractivity contribution in [2.45, 2.75) is 5.16 Å². The molecule has 0 unspecified atom stereocenters. The van der Waals surface area contributed by atoms with Crippen LogP contribution in [-0.2, 0) is 4.79 Å². The van der Waals surface area contributed by atoms with Gasteiger partial charge in [0.2, 0.25) is 10.3 Å². The van der Waals surface area contributed by atoms with Gasteiger partial charge in [0.1, 0.15) is 23.2 Å². The van der Waals surface area contributed by atoms with Gasteiger partial charge in [0.15, 0.2) is 0 Å². The van der Waals surface area contributed by atoms with Gasteiger partial charge in [-0.3, -0.25) is 10.1 Å². The third-order valence-electron chi connectivity index (χ3n) is 3.20. The van der Waals surface area contributed by atoms with Crippen molar-refractivity contribution in [1.82, 2.24) is 9.36 Å². The fraction of sp³-hybridized carbons (Fsp3) is 0.0588. The fourth-order valence-corrected chi connectivity index (χ4v) is 3.34. The summed E-state index contributed by atoms with van der Waals surface area (Å²) in [4.78, 5) is 16.3. The molecule has 0 bridgehead atoms. The molecule has 0 aliphatic heterocycles. The number of carbonyl (C=O) groups excluding carboxylic acids is 1. The quantitative estimate of drug-likeness (QED) is 0.377. The minimum atomic E-state index is -0.572. The molecule has 26 heavy (non-hydrogen) atoms. The number of hydrogen-bond donors (Lipinski definition) is 1. The Morgan fingerprint density at radius 1 is 1.42 bits per heavy atom. The molecule has 0 radical (unpaired) electrons. The Labute approximate surface area is 162 Å². The van der Waals surface area contributed by atoms with Crippen LogP contribution in [0.25, 0.3) is 17.4 Å². The van der Waals surface area contributed by atoms with Crippen molar-refractivity contribution >= 4 is 52.0 Å². The van der Waals surface area contributed by atoms with Crippen molar-refractivity contribution in [2.24, 2.45) is 0 Å². The van der Waals surface area contributed by atoms with Crippen LogP contribution < -0.4 is 5.32 Å². The monoisotopic (exact) mass is 402 g/mol. The predicted octanol–water partition coefficient (Wildman–Crippen LogP) is 4.72. The molecule has 1 amide bonds. The van der Waals surface area contributed by atoms with E-state index in [0.717, 1.165) is 17.1 Å². The number of benzene rings is 1. The number of rotatable bonds is 5. The number of hydrogen-bond acceptors (Lipinski definition) is 7. The molecule has 2 heterocycles. The van der Waals surface area contributed by atoms with Crippen molar-refractivity contribution < 1.29 is 9.21 Å². The zero-order valence-corrected chi connectivity index (χ0v) is 15.8. The topological polar surface area (TPSA) is 91.8 Å². The zero-order valence-electron chi connectivity index (χ0n) is 13.4. The third kappa shape index (κ3) is 4.32. The van der Waals surface area contributed by atoms with Crippen molar-refractivity contribution in [3.8, 4) is 17.4 Å². The maximum Gasteiger partial charge on any atom is 0.268 e. The second kappa shape index (κ2) is 8.19. The Kier molecular flexibility index (Phi) is 5.73. The van der Waals surface area contributed by atoms with Gasteiger partial charge in [0.25, 0.3) is 5.91 Å². The van der Waals surface area contributed by atoms with Crippen LogP contribution >= 0.6 is 34.9 Å². The molecule has 0 fully saturated rings. The summed E-state index contributed by atoms with van der Waals surface area (Å²) in [5.41, 5.74) is 0.705. The first-order valence-corrected chi connectivity index (χ1v) is 9.63. The number of carbonyl (C=O) groups is 1. The summed E-state index contributed by atoms with van der Waals surface area (Å²) < 4.78 is 9.73. The first-order chi connectivity index (χ1) is 12.6. The van der Waals surface area contributed by atoms with Gasteiger partial charge in [0, 0.05) is 28.2 Å². The summed E-state index contributed by atoms with van der Waals surface area (Å²) in [6.45, 7) is 0. The second-order valence-corrected chi connectivity index (χ2v) is 6.88. The van der Waals surface area contributed by atoms with Crippen LogP contribution in [0.3, 0.4) is 0 Å². The summed E-state index contributed by atoms with van der Waals surface area (Å²) in [5, 5.41) is 13.3. The Hall–Kier alpha value is -2.60. The number of thioether (sulfide) groups is 1. The minimum Gasteiger partial charge on any atom is -0.457 e. The molecule has 3 aromatic rings. The first kappa shape index (κ1) is 18.2. The molecule has 0 saturated carbocycles. The Bertz CT molecular complexity index is 1020. The molecule has 0 atom stereocenters. The lowest BCUT2D eigenvalue weighted by molar-refractivity contribution is -0.112. The van der Waals surface area contributed by atoms with Gasteiger partial charge in [-0.05, 0) is 30.5 Å². The van der Waals surface area contributed by atoms with Crippen LogP contribution in [0.4, 0.5) is 5.13 Å². The zero-order chi connectivity index (χ0) is 18.5. The van der Waals surface area contributed by atoms with Crippen molar-refractivity contribution in [3.05, 3.63) is 52.8 Å². The van der Waals surface area contributed by atoms with Gasteiger partial charge >= 0.3 is 0 Å². The summed E-state index contributed by atoms with van der Waals surface area (Å²) in [6, 6.07) is 12.5. The van der Waals surface area contributed by atoms with Crippen LogP contribution in [-0.4, -0.2) is 21.5 Å². The van der Waals surface area contributed by atoms with Gasteiger partial charge in [0.05, 0.1) is 0 Å². The van der Waals surface area contributed by atoms with Crippen LogP contribution in [0.1, 0.15) is 5.76 Å². The highest BCUT2D eigenvalue weighted by Gasteiger charge is 2.14. The molecule has 9 heteroatoms. The number of furan rings is 1. The Morgan fingerprint density at radius 3 is 2.96 bits per heavy atom. The van der Waals surface area contributed by atoms with E-state index < -0.39 is 5.91 Å². The van der Waals surface area contributed by atoms with E-state index in [1.165, 1.54) is 17.8 Å². The molecule has 0 aliphatic carbocycles. The largest absolute Gasteiger partial charge is 0.457 e. The minimum absolute atomic E-state index is 0.0992. The van der Waals surface area contributed by atoms with E-state index in [9.17, 15) is 10.1 Å². The van der Waals surface area contributed by atoms with Gasteiger partial charge in [-0.25, -0.2) is 0 Å². The van der Waals surface area contributed by atoms with Gasteiger partial charge in [-0.1, -0.05) is 35.5 Å². The molecule has 0 saturated heterocycles. The van der Waals surface area contributed by atoms with E-state index in [1.807, 2.05) is 24.5 Å². The highest BCUT2D eigenvalue weighted by Crippen LogP contribution is 2.26. The summed E-state index contributed by atoms with van der Waals surface area (Å²) in [7, 11) is 0. The maximum atomic E-state index is 12.2. The van der Waals surface area contributed by atoms with Crippen LogP contribution in [0.15, 0.2) is 51.5 Å². The summed E-state index contributed by atoms with van der Waals surface area (Å²) in [5.74, 6) is 0.399.